The normalized spacial score (nSPS) is 28.4. The first-order chi connectivity index (χ1) is 13.3. The van der Waals surface area contributed by atoms with Gasteiger partial charge in [-0.05, 0) is 24.0 Å². The maximum Gasteiger partial charge on any atom is 0.310 e. The summed E-state index contributed by atoms with van der Waals surface area (Å²) >= 11 is 0. The van der Waals surface area contributed by atoms with Crippen LogP contribution in [-0.2, 0) is 36.8 Å². The zero-order chi connectivity index (χ0) is 20.0. The Morgan fingerprint density at radius 3 is 2.61 bits per heavy atom. The summed E-state index contributed by atoms with van der Waals surface area (Å²) in [6.45, 7) is 1.35. The summed E-state index contributed by atoms with van der Waals surface area (Å²) in [4.78, 5) is 50.4. The molecule has 28 heavy (non-hydrogen) atoms. The van der Waals surface area contributed by atoms with Crippen molar-refractivity contribution in [1.82, 2.24) is 10.6 Å². The molecule has 0 spiro atoms. The second kappa shape index (κ2) is 6.90. The lowest BCUT2D eigenvalue weighted by Gasteiger charge is -2.28. The molecule has 1 fully saturated rings. The van der Waals surface area contributed by atoms with E-state index in [9.17, 15) is 24.3 Å². The van der Waals surface area contributed by atoms with Gasteiger partial charge in [0.15, 0.2) is 0 Å². The second-order valence-corrected chi connectivity index (χ2v) is 7.34. The van der Waals surface area contributed by atoms with E-state index < -0.39 is 36.3 Å². The van der Waals surface area contributed by atoms with Gasteiger partial charge in [-0.1, -0.05) is 18.2 Å². The minimum Gasteiger partial charge on any atom is -0.434 e. The summed E-state index contributed by atoms with van der Waals surface area (Å²) in [6.07, 6.45) is -0.147. The number of aliphatic hydroxyl groups excluding tert-OH is 1. The van der Waals surface area contributed by atoms with Crippen LogP contribution in [0.15, 0.2) is 18.2 Å². The number of cyclic esters (lactones) is 1. The first-order valence-corrected chi connectivity index (χ1v) is 9.24. The topological polar surface area (TPSA) is 125 Å². The highest BCUT2D eigenvalue weighted by atomic mass is 16.6. The average Bonchev–Trinajstić information content (AvgIpc) is 3.13. The Morgan fingerprint density at radius 1 is 1.18 bits per heavy atom. The van der Waals surface area contributed by atoms with E-state index in [2.05, 4.69) is 15.4 Å². The molecule has 3 N–H and O–H groups in total. The standard InChI is InChI=1S/C19H21N3O6/c1-9(23)20-12-6-5-10-3-2-4-11-7-14(22(16(10)11)18(12)26)17(25)21-13-8-15(24)28-19(13)27/h2-4,12-14,19,27H,5-8H2,1H3,(H,20,23)(H,21,25)/t12-,13-,14?,19?/m0/s1. The largest absolute Gasteiger partial charge is 0.434 e. The summed E-state index contributed by atoms with van der Waals surface area (Å²) < 4.78 is 4.66. The number of anilines is 1. The minimum atomic E-state index is -1.40. The number of hydrogen-bond acceptors (Lipinski definition) is 6. The fraction of sp³-hybridized carbons (Fsp3) is 0.474. The number of aryl methyl sites for hydroxylation is 1. The molecule has 1 saturated heterocycles. The SMILES string of the molecule is CC(=O)N[C@H]1CCc2cccc3c2N(C1=O)C(C(=O)N[C@H]1CC(=O)OC1O)C3. The molecule has 0 aliphatic carbocycles. The van der Waals surface area contributed by atoms with Crippen molar-refractivity contribution in [3.05, 3.63) is 29.3 Å². The Kier molecular flexibility index (Phi) is 4.54. The van der Waals surface area contributed by atoms with E-state index in [1.54, 1.807) is 0 Å². The summed E-state index contributed by atoms with van der Waals surface area (Å²) in [5, 5.41) is 15.1. The third kappa shape index (κ3) is 3.11. The third-order valence-corrected chi connectivity index (χ3v) is 5.40. The number of carbonyl (C=O) groups excluding carboxylic acids is 4. The number of para-hydroxylation sites is 1. The van der Waals surface area contributed by atoms with Gasteiger partial charge in [-0.15, -0.1) is 0 Å². The smallest absolute Gasteiger partial charge is 0.310 e. The fourth-order valence-corrected chi connectivity index (χ4v) is 4.17. The van der Waals surface area contributed by atoms with Crippen LogP contribution in [0.5, 0.6) is 0 Å². The van der Waals surface area contributed by atoms with Gasteiger partial charge in [0.25, 0.3) is 0 Å². The van der Waals surface area contributed by atoms with Gasteiger partial charge in [-0.2, -0.15) is 0 Å². The molecular formula is C19H21N3O6. The third-order valence-electron chi connectivity index (χ3n) is 5.40. The molecule has 3 aliphatic heterocycles. The van der Waals surface area contributed by atoms with Crippen LogP contribution in [0.2, 0.25) is 0 Å². The number of rotatable bonds is 3. The Balaban J connectivity index is 1.63. The van der Waals surface area contributed by atoms with Crippen LogP contribution in [0.25, 0.3) is 0 Å². The van der Waals surface area contributed by atoms with Gasteiger partial charge in [-0.25, -0.2) is 0 Å². The van der Waals surface area contributed by atoms with Crippen LogP contribution in [0, 0.1) is 0 Å². The fourth-order valence-electron chi connectivity index (χ4n) is 4.17. The van der Waals surface area contributed by atoms with Crippen molar-refractivity contribution in [2.45, 2.75) is 57.0 Å². The van der Waals surface area contributed by atoms with Crippen molar-refractivity contribution >= 4 is 29.4 Å². The molecule has 3 amide bonds. The molecule has 1 aromatic carbocycles. The van der Waals surface area contributed by atoms with Gasteiger partial charge in [0, 0.05) is 13.3 Å². The van der Waals surface area contributed by atoms with E-state index in [0.717, 1.165) is 16.8 Å². The Morgan fingerprint density at radius 2 is 1.93 bits per heavy atom. The maximum absolute atomic E-state index is 13.2. The number of carbonyl (C=O) groups is 4. The highest BCUT2D eigenvalue weighted by Crippen LogP contribution is 2.39. The van der Waals surface area contributed by atoms with Crippen LogP contribution in [-0.4, -0.2) is 53.2 Å². The summed E-state index contributed by atoms with van der Waals surface area (Å²) in [5.74, 6) is -1.71. The molecule has 0 bridgehead atoms. The second-order valence-electron chi connectivity index (χ2n) is 7.34. The Bertz CT molecular complexity index is 869. The minimum absolute atomic E-state index is 0.125. The Labute approximate surface area is 161 Å². The predicted octanol–water partition coefficient (Wildman–Crippen LogP) is -0.855. The van der Waals surface area contributed by atoms with E-state index in [-0.39, 0.29) is 18.2 Å². The van der Waals surface area contributed by atoms with Crippen LogP contribution in [0.1, 0.15) is 30.9 Å². The van der Waals surface area contributed by atoms with E-state index in [0.29, 0.717) is 19.3 Å². The van der Waals surface area contributed by atoms with Crippen LogP contribution in [0.3, 0.4) is 0 Å². The molecule has 1 aromatic rings. The quantitative estimate of drug-likeness (QED) is 0.580. The number of aliphatic hydroxyl groups is 1. The van der Waals surface area contributed by atoms with Crippen LogP contribution < -0.4 is 15.5 Å². The van der Waals surface area contributed by atoms with Gasteiger partial charge in [0.05, 0.1) is 12.1 Å². The number of nitrogens with zero attached hydrogens (tertiary/aromatic N) is 1. The summed E-state index contributed by atoms with van der Waals surface area (Å²) in [6, 6.07) is 3.30. The monoisotopic (exact) mass is 387 g/mol. The molecule has 0 saturated carbocycles. The number of ether oxygens (including phenoxy) is 1. The van der Waals surface area contributed by atoms with E-state index in [1.807, 2.05) is 18.2 Å². The highest BCUT2D eigenvalue weighted by molar-refractivity contribution is 6.07. The molecule has 3 aliphatic rings. The van der Waals surface area contributed by atoms with Crippen LogP contribution in [0.4, 0.5) is 5.69 Å². The molecule has 4 rings (SSSR count). The van der Waals surface area contributed by atoms with Crippen molar-refractivity contribution in [2.75, 3.05) is 4.90 Å². The lowest BCUT2D eigenvalue weighted by molar-refractivity contribution is -0.155. The number of esters is 1. The van der Waals surface area contributed by atoms with E-state index in [1.165, 1.54) is 11.8 Å². The van der Waals surface area contributed by atoms with Gasteiger partial charge >= 0.3 is 5.97 Å². The Hall–Kier alpha value is -2.94. The van der Waals surface area contributed by atoms with Gasteiger partial charge in [-0.3, -0.25) is 24.1 Å². The van der Waals surface area contributed by atoms with Crippen LogP contribution >= 0.6 is 0 Å². The molecule has 4 atom stereocenters. The van der Waals surface area contributed by atoms with Gasteiger partial charge < -0.3 is 20.5 Å². The number of benzene rings is 1. The van der Waals surface area contributed by atoms with E-state index in [4.69, 9.17) is 0 Å². The number of amides is 3. The van der Waals surface area contributed by atoms with Gasteiger partial charge in [0.2, 0.25) is 24.0 Å². The van der Waals surface area contributed by atoms with Crippen molar-refractivity contribution in [1.29, 1.82) is 0 Å². The molecule has 9 nitrogen and oxygen atoms in total. The molecule has 0 radical (unpaired) electrons. The first kappa shape index (κ1) is 18.4. The van der Waals surface area contributed by atoms with Crippen molar-refractivity contribution < 1.29 is 29.0 Å². The van der Waals surface area contributed by atoms with Crippen molar-refractivity contribution in [2.24, 2.45) is 0 Å². The van der Waals surface area contributed by atoms with E-state index >= 15 is 0 Å². The van der Waals surface area contributed by atoms with Gasteiger partial charge in [0.1, 0.15) is 18.1 Å². The average molecular weight is 387 g/mol. The molecule has 0 aromatic heterocycles. The van der Waals surface area contributed by atoms with Crippen molar-refractivity contribution in [3.8, 4) is 0 Å². The molecule has 9 heteroatoms. The maximum atomic E-state index is 13.2. The van der Waals surface area contributed by atoms with Crippen molar-refractivity contribution in [3.63, 3.8) is 0 Å². The predicted molar refractivity (Wildman–Crippen MR) is 96.0 cm³/mol. The molecular weight excluding hydrogens is 366 g/mol. The lowest BCUT2D eigenvalue weighted by Crippen LogP contribution is -2.56. The zero-order valence-corrected chi connectivity index (χ0v) is 15.3. The molecule has 2 unspecified atom stereocenters. The first-order valence-electron chi connectivity index (χ1n) is 9.24. The molecule has 148 valence electrons. The highest BCUT2D eigenvalue weighted by Gasteiger charge is 2.45. The lowest BCUT2D eigenvalue weighted by atomic mass is 10.0. The summed E-state index contributed by atoms with van der Waals surface area (Å²) in [5.41, 5.74) is 2.56. The molecule has 3 heterocycles. The zero-order valence-electron chi connectivity index (χ0n) is 15.3. The number of hydrogen-bond donors (Lipinski definition) is 3. The summed E-state index contributed by atoms with van der Waals surface area (Å²) in [7, 11) is 0. The number of nitrogens with one attached hydrogen (secondary N) is 2.